The van der Waals surface area contributed by atoms with E-state index < -0.39 is 0 Å². The number of hydrogen-bond acceptors (Lipinski definition) is 4. The topological polar surface area (TPSA) is 52.3 Å². The largest absolute Gasteiger partial charge is 0.468 e. The molecule has 0 spiro atoms. The molecule has 3 nitrogen and oxygen atoms in total. The first-order chi connectivity index (χ1) is 6.74. The van der Waals surface area contributed by atoms with Crippen molar-refractivity contribution < 1.29 is 9.53 Å². The molecule has 78 valence electrons. The van der Waals surface area contributed by atoms with Crippen molar-refractivity contribution in [1.82, 2.24) is 0 Å². The summed E-state index contributed by atoms with van der Waals surface area (Å²) < 4.78 is 4.71. The van der Waals surface area contributed by atoms with Crippen LogP contribution in [0.2, 0.25) is 0 Å². The summed E-state index contributed by atoms with van der Waals surface area (Å²) in [4.78, 5) is 12.5. The maximum absolute atomic E-state index is 11.4. The summed E-state index contributed by atoms with van der Waals surface area (Å²) in [6.45, 7) is 2.37. The van der Waals surface area contributed by atoms with E-state index >= 15 is 0 Å². The third kappa shape index (κ3) is 2.13. The van der Waals surface area contributed by atoms with E-state index in [0.717, 1.165) is 11.3 Å². The number of hydrogen-bond donors (Lipinski definition) is 1. The van der Waals surface area contributed by atoms with Crippen LogP contribution in [-0.2, 0) is 16.0 Å². The third-order valence-electron chi connectivity index (χ3n) is 2.20. The summed E-state index contributed by atoms with van der Waals surface area (Å²) in [5.41, 5.74) is 6.76. The lowest BCUT2D eigenvalue weighted by atomic mass is 10.0. The highest BCUT2D eigenvalue weighted by molar-refractivity contribution is 7.10. The number of esters is 1. The summed E-state index contributed by atoms with van der Waals surface area (Å²) in [5.74, 6) is -0.542. The maximum atomic E-state index is 11.4. The van der Waals surface area contributed by atoms with Crippen LogP contribution < -0.4 is 5.73 Å². The molecule has 1 unspecified atom stereocenters. The Morgan fingerprint density at radius 3 is 2.93 bits per heavy atom. The van der Waals surface area contributed by atoms with Crippen LogP contribution in [0.25, 0.3) is 0 Å². The number of aryl methyl sites for hydroxylation is 1. The SMILES string of the molecule is CCc1ccsc1C(CN)C(=O)OC. The second kappa shape index (κ2) is 5.12. The molecule has 1 aromatic heterocycles. The zero-order chi connectivity index (χ0) is 10.6. The molecule has 2 N–H and O–H groups in total. The average molecular weight is 213 g/mol. The van der Waals surface area contributed by atoms with E-state index in [1.807, 2.05) is 11.4 Å². The van der Waals surface area contributed by atoms with Gasteiger partial charge in [0.2, 0.25) is 0 Å². The summed E-state index contributed by atoms with van der Waals surface area (Å²) in [6, 6.07) is 2.03. The summed E-state index contributed by atoms with van der Waals surface area (Å²) in [6.07, 6.45) is 0.923. The molecular weight excluding hydrogens is 198 g/mol. The van der Waals surface area contributed by atoms with Crippen LogP contribution in [0.4, 0.5) is 0 Å². The van der Waals surface area contributed by atoms with Crippen molar-refractivity contribution in [2.24, 2.45) is 5.73 Å². The maximum Gasteiger partial charge on any atom is 0.315 e. The van der Waals surface area contributed by atoms with Crippen LogP contribution in [0.1, 0.15) is 23.3 Å². The van der Waals surface area contributed by atoms with Gasteiger partial charge in [0.05, 0.1) is 7.11 Å². The highest BCUT2D eigenvalue weighted by Crippen LogP contribution is 2.26. The number of carbonyl (C=O) groups excluding carboxylic acids is 1. The fraction of sp³-hybridized carbons (Fsp3) is 0.500. The van der Waals surface area contributed by atoms with Crippen LogP contribution in [0.3, 0.4) is 0 Å². The quantitative estimate of drug-likeness (QED) is 0.772. The van der Waals surface area contributed by atoms with Gasteiger partial charge in [-0.25, -0.2) is 0 Å². The molecule has 1 atom stereocenters. The van der Waals surface area contributed by atoms with Gasteiger partial charge in [0, 0.05) is 11.4 Å². The summed E-state index contributed by atoms with van der Waals surface area (Å²) >= 11 is 1.57. The number of ether oxygens (including phenoxy) is 1. The van der Waals surface area contributed by atoms with Crippen molar-refractivity contribution in [2.45, 2.75) is 19.3 Å². The van der Waals surface area contributed by atoms with E-state index in [1.165, 1.54) is 12.7 Å². The predicted molar refractivity (Wildman–Crippen MR) is 57.5 cm³/mol. The van der Waals surface area contributed by atoms with E-state index in [9.17, 15) is 4.79 Å². The Morgan fingerprint density at radius 1 is 1.71 bits per heavy atom. The molecule has 1 aromatic rings. The minimum Gasteiger partial charge on any atom is -0.468 e. The number of rotatable bonds is 4. The first kappa shape index (κ1) is 11.2. The average Bonchev–Trinajstić information content (AvgIpc) is 2.66. The van der Waals surface area contributed by atoms with Crippen molar-refractivity contribution >= 4 is 17.3 Å². The van der Waals surface area contributed by atoms with Crippen molar-refractivity contribution in [2.75, 3.05) is 13.7 Å². The van der Waals surface area contributed by atoms with Gasteiger partial charge in [-0.05, 0) is 23.4 Å². The molecule has 4 heteroatoms. The van der Waals surface area contributed by atoms with E-state index in [2.05, 4.69) is 6.92 Å². The van der Waals surface area contributed by atoms with E-state index in [-0.39, 0.29) is 11.9 Å². The van der Waals surface area contributed by atoms with Gasteiger partial charge in [-0.3, -0.25) is 4.79 Å². The molecule has 0 fully saturated rings. The Labute approximate surface area is 87.9 Å². The van der Waals surface area contributed by atoms with Gasteiger partial charge < -0.3 is 10.5 Å². The lowest BCUT2D eigenvalue weighted by molar-refractivity contribution is -0.142. The number of carbonyl (C=O) groups is 1. The predicted octanol–water partition coefficient (Wildman–Crippen LogP) is 1.53. The van der Waals surface area contributed by atoms with Gasteiger partial charge >= 0.3 is 5.97 Å². The second-order valence-corrected chi connectivity index (χ2v) is 3.92. The fourth-order valence-electron chi connectivity index (χ4n) is 1.40. The van der Waals surface area contributed by atoms with Crippen LogP contribution >= 0.6 is 11.3 Å². The lowest BCUT2D eigenvalue weighted by Gasteiger charge is -2.12. The minimum atomic E-state index is -0.296. The molecule has 0 saturated carbocycles. The molecule has 0 amide bonds. The Kier molecular flexibility index (Phi) is 4.10. The first-order valence-corrected chi connectivity index (χ1v) is 5.46. The molecule has 14 heavy (non-hydrogen) atoms. The van der Waals surface area contributed by atoms with E-state index in [4.69, 9.17) is 10.5 Å². The van der Waals surface area contributed by atoms with Gasteiger partial charge in [0.1, 0.15) is 5.92 Å². The van der Waals surface area contributed by atoms with Crippen LogP contribution in [-0.4, -0.2) is 19.6 Å². The molecule has 0 aliphatic carbocycles. The molecule has 0 aliphatic heterocycles. The minimum absolute atomic E-state index is 0.246. The van der Waals surface area contributed by atoms with Crippen molar-refractivity contribution in [3.63, 3.8) is 0 Å². The summed E-state index contributed by atoms with van der Waals surface area (Å²) in [7, 11) is 1.39. The van der Waals surface area contributed by atoms with Crippen molar-refractivity contribution in [3.8, 4) is 0 Å². The fourth-order valence-corrected chi connectivity index (χ4v) is 2.50. The number of nitrogens with two attached hydrogens (primary N) is 1. The smallest absolute Gasteiger partial charge is 0.315 e. The Hall–Kier alpha value is -0.870. The van der Waals surface area contributed by atoms with Crippen molar-refractivity contribution in [1.29, 1.82) is 0 Å². The summed E-state index contributed by atoms with van der Waals surface area (Å²) in [5, 5.41) is 1.99. The molecule has 1 heterocycles. The van der Waals surface area contributed by atoms with Gasteiger partial charge in [-0.2, -0.15) is 0 Å². The Bertz CT molecular complexity index is 309. The van der Waals surface area contributed by atoms with Crippen LogP contribution in [0, 0.1) is 0 Å². The second-order valence-electron chi connectivity index (χ2n) is 2.98. The molecule has 0 bridgehead atoms. The van der Waals surface area contributed by atoms with Crippen LogP contribution in [0.5, 0.6) is 0 Å². The molecular formula is C10H15NO2S. The monoisotopic (exact) mass is 213 g/mol. The van der Waals surface area contributed by atoms with E-state index in [0.29, 0.717) is 6.54 Å². The lowest BCUT2D eigenvalue weighted by Crippen LogP contribution is -2.22. The number of methoxy groups -OCH3 is 1. The van der Waals surface area contributed by atoms with Gasteiger partial charge in [0.15, 0.2) is 0 Å². The van der Waals surface area contributed by atoms with Gasteiger partial charge in [0.25, 0.3) is 0 Å². The number of thiophene rings is 1. The molecule has 0 aromatic carbocycles. The Balaban J connectivity index is 2.94. The normalized spacial score (nSPS) is 12.5. The third-order valence-corrected chi connectivity index (χ3v) is 3.27. The standard InChI is InChI=1S/C10H15NO2S/c1-3-7-4-5-14-9(7)8(6-11)10(12)13-2/h4-5,8H,3,6,11H2,1-2H3. The zero-order valence-electron chi connectivity index (χ0n) is 8.45. The molecule has 0 saturated heterocycles. The van der Waals surface area contributed by atoms with Crippen molar-refractivity contribution in [3.05, 3.63) is 21.9 Å². The Morgan fingerprint density at radius 2 is 2.43 bits per heavy atom. The van der Waals surface area contributed by atoms with Gasteiger partial charge in [-0.15, -0.1) is 11.3 Å². The highest BCUT2D eigenvalue weighted by Gasteiger charge is 2.22. The molecule has 0 radical (unpaired) electrons. The van der Waals surface area contributed by atoms with E-state index in [1.54, 1.807) is 11.3 Å². The van der Waals surface area contributed by atoms with Crippen LogP contribution in [0.15, 0.2) is 11.4 Å². The van der Waals surface area contributed by atoms with Gasteiger partial charge in [-0.1, -0.05) is 6.92 Å². The molecule has 1 rings (SSSR count). The molecule has 0 aliphatic rings. The first-order valence-electron chi connectivity index (χ1n) is 4.58. The zero-order valence-corrected chi connectivity index (χ0v) is 9.26. The highest BCUT2D eigenvalue weighted by atomic mass is 32.1.